The number of carbonyl (C=O) groups excluding carboxylic acids is 1. The number of amides is 1. The summed E-state index contributed by atoms with van der Waals surface area (Å²) in [6, 6.07) is 5.76. The van der Waals surface area contributed by atoms with Gasteiger partial charge in [0.05, 0.1) is 6.54 Å². The summed E-state index contributed by atoms with van der Waals surface area (Å²) >= 11 is 0. The number of carbonyl (C=O) groups is 1. The molecule has 1 amide bonds. The van der Waals surface area contributed by atoms with Gasteiger partial charge in [0.2, 0.25) is 5.91 Å². The van der Waals surface area contributed by atoms with Gasteiger partial charge in [-0.15, -0.1) is 0 Å². The number of hydrogen-bond acceptors (Lipinski definition) is 2. The number of halogens is 3. The highest BCUT2D eigenvalue weighted by molar-refractivity contribution is 6.02. The van der Waals surface area contributed by atoms with E-state index in [2.05, 4.69) is 10.6 Å². The third-order valence-electron chi connectivity index (χ3n) is 2.30. The Labute approximate surface area is 89.6 Å². The number of benzene rings is 1. The van der Waals surface area contributed by atoms with E-state index in [1.807, 2.05) is 0 Å². The summed E-state index contributed by atoms with van der Waals surface area (Å²) in [6.07, 6.45) is -4.32. The highest BCUT2D eigenvalue weighted by Gasteiger charge is 2.34. The van der Waals surface area contributed by atoms with Crippen LogP contribution < -0.4 is 10.6 Å². The molecule has 3 nitrogen and oxygen atoms in total. The summed E-state index contributed by atoms with van der Waals surface area (Å²) in [5.41, 5.74) is 1.11. The molecule has 1 aliphatic rings. The number of hydrogen-bond donors (Lipinski definition) is 2. The number of anilines is 1. The minimum atomic E-state index is -4.32. The average molecular weight is 230 g/mol. The van der Waals surface area contributed by atoms with E-state index in [1.165, 1.54) is 0 Å². The fourth-order valence-electron chi connectivity index (χ4n) is 1.63. The molecule has 2 rings (SSSR count). The van der Waals surface area contributed by atoms with E-state index in [9.17, 15) is 18.0 Å². The van der Waals surface area contributed by atoms with Gasteiger partial charge in [-0.25, -0.2) is 0 Å². The zero-order valence-corrected chi connectivity index (χ0v) is 8.14. The molecule has 1 aromatic rings. The van der Waals surface area contributed by atoms with Gasteiger partial charge in [0.1, 0.15) is 6.04 Å². The van der Waals surface area contributed by atoms with Gasteiger partial charge in [-0.3, -0.25) is 10.1 Å². The minimum Gasteiger partial charge on any atom is -0.324 e. The van der Waals surface area contributed by atoms with Crippen molar-refractivity contribution in [3.63, 3.8) is 0 Å². The van der Waals surface area contributed by atoms with Gasteiger partial charge in [-0.2, -0.15) is 13.2 Å². The molecule has 6 heteroatoms. The van der Waals surface area contributed by atoms with Gasteiger partial charge in [0, 0.05) is 11.3 Å². The van der Waals surface area contributed by atoms with Crippen LogP contribution in [0.15, 0.2) is 24.3 Å². The molecule has 0 saturated carbocycles. The van der Waals surface area contributed by atoms with Gasteiger partial charge in [-0.05, 0) is 6.07 Å². The summed E-state index contributed by atoms with van der Waals surface area (Å²) in [5.74, 6) is -0.453. The van der Waals surface area contributed by atoms with E-state index >= 15 is 0 Å². The summed E-state index contributed by atoms with van der Waals surface area (Å²) in [5, 5.41) is 4.71. The maximum Gasteiger partial charge on any atom is 0.401 e. The predicted octanol–water partition coefficient (Wildman–Crippen LogP) is 1.83. The highest BCUT2D eigenvalue weighted by atomic mass is 19.4. The van der Waals surface area contributed by atoms with Crippen molar-refractivity contribution in [3.05, 3.63) is 29.8 Å². The third-order valence-corrected chi connectivity index (χ3v) is 2.30. The number of para-hydroxylation sites is 1. The second kappa shape index (κ2) is 3.79. The van der Waals surface area contributed by atoms with E-state index in [-0.39, 0.29) is 0 Å². The molecule has 86 valence electrons. The molecule has 0 saturated heterocycles. The molecule has 0 bridgehead atoms. The standard InChI is InChI=1S/C10H9F3N2O/c11-10(12,13)5-14-8-6-3-1-2-4-7(6)15-9(8)16/h1-4,8,14H,5H2,(H,15,16). The van der Waals surface area contributed by atoms with Gasteiger partial charge in [0.25, 0.3) is 0 Å². The van der Waals surface area contributed by atoms with Crippen LogP contribution in [0.25, 0.3) is 0 Å². The summed E-state index contributed by atoms with van der Waals surface area (Å²) < 4.78 is 36.1. The smallest absolute Gasteiger partial charge is 0.324 e. The normalized spacial score (nSPS) is 19.4. The van der Waals surface area contributed by atoms with Crippen LogP contribution in [0.4, 0.5) is 18.9 Å². The topological polar surface area (TPSA) is 41.1 Å². The zero-order valence-electron chi connectivity index (χ0n) is 8.14. The molecule has 1 aromatic carbocycles. The molecule has 1 heterocycles. The first-order valence-electron chi connectivity index (χ1n) is 4.67. The lowest BCUT2D eigenvalue weighted by Crippen LogP contribution is -2.35. The van der Waals surface area contributed by atoms with Crippen LogP contribution in [0.1, 0.15) is 11.6 Å². The van der Waals surface area contributed by atoms with Crippen molar-refractivity contribution < 1.29 is 18.0 Å². The number of fused-ring (bicyclic) bond motifs is 1. The Kier molecular flexibility index (Phi) is 2.59. The minimum absolute atomic E-state index is 0.453. The summed E-state index contributed by atoms with van der Waals surface area (Å²) in [7, 11) is 0. The van der Waals surface area contributed by atoms with Crippen molar-refractivity contribution in [2.45, 2.75) is 12.2 Å². The number of alkyl halides is 3. The second-order valence-corrected chi connectivity index (χ2v) is 3.51. The van der Waals surface area contributed by atoms with Crippen molar-refractivity contribution in [3.8, 4) is 0 Å². The van der Waals surface area contributed by atoms with Crippen molar-refractivity contribution in [1.82, 2.24) is 5.32 Å². The Hall–Kier alpha value is -1.56. The molecule has 1 atom stereocenters. The maximum atomic E-state index is 12.0. The maximum absolute atomic E-state index is 12.0. The molecule has 0 aliphatic carbocycles. The molecule has 1 unspecified atom stereocenters. The van der Waals surface area contributed by atoms with Crippen LogP contribution in [-0.4, -0.2) is 18.6 Å². The molecule has 0 aromatic heterocycles. The Bertz CT molecular complexity index is 417. The predicted molar refractivity (Wildman–Crippen MR) is 51.9 cm³/mol. The van der Waals surface area contributed by atoms with Crippen LogP contribution in [0.3, 0.4) is 0 Å². The van der Waals surface area contributed by atoms with Gasteiger partial charge in [-0.1, -0.05) is 18.2 Å². The monoisotopic (exact) mass is 230 g/mol. The molecule has 0 radical (unpaired) electrons. The van der Waals surface area contributed by atoms with Crippen LogP contribution >= 0.6 is 0 Å². The molecule has 1 aliphatic heterocycles. The largest absolute Gasteiger partial charge is 0.401 e. The lowest BCUT2D eigenvalue weighted by atomic mass is 10.1. The molecular formula is C10H9F3N2O. The van der Waals surface area contributed by atoms with Gasteiger partial charge < -0.3 is 5.32 Å². The fraction of sp³-hybridized carbons (Fsp3) is 0.300. The molecule has 0 spiro atoms. The third kappa shape index (κ3) is 2.16. The number of nitrogens with one attached hydrogen (secondary N) is 2. The van der Waals surface area contributed by atoms with E-state index in [1.54, 1.807) is 24.3 Å². The van der Waals surface area contributed by atoms with Crippen LogP contribution in [0.5, 0.6) is 0 Å². The van der Waals surface area contributed by atoms with Gasteiger partial charge >= 0.3 is 6.18 Å². The molecular weight excluding hydrogens is 221 g/mol. The van der Waals surface area contributed by atoms with E-state index in [0.29, 0.717) is 11.3 Å². The average Bonchev–Trinajstić information content (AvgIpc) is 2.49. The van der Waals surface area contributed by atoms with E-state index in [4.69, 9.17) is 0 Å². The SMILES string of the molecule is O=C1Nc2ccccc2C1NCC(F)(F)F. The quantitative estimate of drug-likeness (QED) is 0.813. The van der Waals surface area contributed by atoms with Crippen molar-refractivity contribution >= 4 is 11.6 Å². The zero-order chi connectivity index (χ0) is 11.8. The van der Waals surface area contributed by atoms with Crippen LogP contribution in [0.2, 0.25) is 0 Å². The van der Waals surface area contributed by atoms with E-state index < -0.39 is 24.7 Å². The first-order valence-corrected chi connectivity index (χ1v) is 4.67. The van der Waals surface area contributed by atoms with Crippen LogP contribution in [-0.2, 0) is 4.79 Å². The van der Waals surface area contributed by atoms with Crippen molar-refractivity contribution in [2.75, 3.05) is 11.9 Å². The summed E-state index contributed by atoms with van der Waals surface area (Å²) in [6.45, 7) is -1.18. The van der Waals surface area contributed by atoms with Gasteiger partial charge in [0.15, 0.2) is 0 Å². The first-order chi connectivity index (χ1) is 7.47. The first kappa shape index (κ1) is 10.9. The molecule has 2 N–H and O–H groups in total. The van der Waals surface area contributed by atoms with E-state index in [0.717, 1.165) is 0 Å². The lowest BCUT2D eigenvalue weighted by Gasteiger charge is -2.13. The van der Waals surface area contributed by atoms with Crippen molar-refractivity contribution in [1.29, 1.82) is 0 Å². The Morgan fingerprint density at radius 3 is 2.69 bits per heavy atom. The Balaban J connectivity index is 2.14. The number of rotatable bonds is 2. The second-order valence-electron chi connectivity index (χ2n) is 3.51. The van der Waals surface area contributed by atoms with Crippen LogP contribution in [0, 0.1) is 0 Å². The highest BCUT2D eigenvalue weighted by Crippen LogP contribution is 2.30. The Morgan fingerprint density at radius 2 is 2.00 bits per heavy atom. The Morgan fingerprint density at radius 1 is 1.31 bits per heavy atom. The molecule has 16 heavy (non-hydrogen) atoms. The van der Waals surface area contributed by atoms with Crippen molar-refractivity contribution in [2.24, 2.45) is 0 Å². The molecule has 0 fully saturated rings. The summed E-state index contributed by atoms with van der Waals surface area (Å²) in [4.78, 5) is 11.4. The fourth-order valence-corrected chi connectivity index (χ4v) is 1.63. The lowest BCUT2D eigenvalue weighted by molar-refractivity contribution is -0.129.